The van der Waals surface area contributed by atoms with Gasteiger partial charge in [0.2, 0.25) is 0 Å². The second kappa shape index (κ2) is 12.7. The van der Waals surface area contributed by atoms with Crippen LogP contribution in [0.4, 0.5) is 8.78 Å². The quantitative estimate of drug-likeness (QED) is 0.330. The van der Waals surface area contributed by atoms with Crippen molar-refractivity contribution in [2.75, 3.05) is 32.8 Å². The van der Waals surface area contributed by atoms with Crippen LogP contribution in [0.3, 0.4) is 0 Å². The molecule has 6 rings (SSSR count). The highest BCUT2D eigenvalue weighted by molar-refractivity contribution is 7.11. The topological polar surface area (TPSA) is 124 Å². The number of nitrogens with zero attached hydrogens (tertiary/aromatic N) is 4. The van der Waals surface area contributed by atoms with Gasteiger partial charge in [0.05, 0.1) is 17.7 Å². The van der Waals surface area contributed by atoms with E-state index in [0.29, 0.717) is 33.2 Å². The number of carboxylic acid groups (broad SMARTS) is 1. The normalized spacial score (nSPS) is 23.2. The smallest absolute Gasteiger partial charge is 0.338 e. The van der Waals surface area contributed by atoms with Crippen LogP contribution in [-0.2, 0) is 20.9 Å². The van der Waals surface area contributed by atoms with Crippen LogP contribution < -0.4 is 5.32 Å². The average Bonchev–Trinajstić information content (AvgIpc) is 3.66. The number of amidine groups is 1. The fourth-order valence-electron chi connectivity index (χ4n) is 6.46. The molecule has 0 spiro atoms. The van der Waals surface area contributed by atoms with E-state index in [1.54, 1.807) is 49.7 Å². The van der Waals surface area contributed by atoms with Gasteiger partial charge < -0.3 is 20.1 Å². The van der Waals surface area contributed by atoms with E-state index in [9.17, 15) is 23.9 Å². The predicted octanol–water partition coefficient (Wildman–Crippen LogP) is 4.27. The SMILES string of the molecule is CCOC(=O)C1=C(CN2CC[C@]3(F)C(=O)N(Cc4cccc(C(=O)O)c4)CC3C2)NC(c2nccs2)=N[C@H]1c1cccc(F)c1C. The molecular weight excluding hydrogens is 616 g/mol. The van der Waals surface area contributed by atoms with E-state index < -0.39 is 41.3 Å². The van der Waals surface area contributed by atoms with Gasteiger partial charge in [-0.05, 0) is 48.7 Å². The summed E-state index contributed by atoms with van der Waals surface area (Å²) in [5.74, 6) is -2.91. The lowest BCUT2D eigenvalue weighted by Gasteiger charge is -2.38. The number of nitrogens with one attached hydrogen (secondary N) is 1. The van der Waals surface area contributed by atoms with E-state index in [4.69, 9.17) is 9.73 Å². The van der Waals surface area contributed by atoms with Crippen LogP contribution in [0.5, 0.6) is 0 Å². The number of carboxylic acids is 1. The monoisotopic (exact) mass is 649 g/mol. The number of rotatable bonds is 9. The molecule has 46 heavy (non-hydrogen) atoms. The summed E-state index contributed by atoms with van der Waals surface area (Å²) in [5.41, 5.74) is 0.253. The van der Waals surface area contributed by atoms with Crippen molar-refractivity contribution in [3.8, 4) is 0 Å². The number of aliphatic imine (C=N–C) groups is 1. The molecule has 3 aliphatic heterocycles. The summed E-state index contributed by atoms with van der Waals surface area (Å²) in [6.45, 7) is 4.41. The molecule has 2 N–H and O–H groups in total. The first-order chi connectivity index (χ1) is 22.1. The van der Waals surface area contributed by atoms with Crippen LogP contribution >= 0.6 is 11.3 Å². The molecule has 13 heteroatoms. The minimum atomic E-state index is -2.05. The Bertz CT molecular complexity index is 1750. The fourth-order valence-corrected chi connectivity index (χ4v) is 7.05. The number of alkyl halides is 1. The lowest BCUT2D eigenvalue weighted by molar-refractivity contribution is -0.141. The zero-order valence-corrected chi connectivity index (χ0v) is 26.2. The third kappa shape index (κ3) is 5.92. The minimum Gasteiger partial charge on any atom is -0.478 e. The summed E-state index contributed by atoms with van der Waals surface area (Å²) in [4.78, 5) is 50.9. The second-order valence-electron chi connectivity index (χ2n) is 11.6. The second-order valence-corrected chi connectivity index (χ2v) is 12.5. The van der Waals surface area contributed by atoms with Crippen molar-refractivity contribution >= 4 is 35.0 Å². The van der Waals surface area contributed by atoms with Gasteiger partial charge >= 0.3 is 11.9 Å². The highest BCUT2D eigenvalue weighted by Crippen LogP contribution is 2.41. The molecule has 3 aromatic rings. The molecular formula is C33H33F2N5O5S. The number of aromatic nitrogens is 1. The number of fused-ring (bicyclic) bond motifs is 1. The van der Waals surface area contributed by atoms with Crippen LogP contribution in [0.15, 0.2) is 70.3 Å². The molecule has 10 nitrogen and oxygen atoms in total. The first-order valence-corrected chi connectivity index (χ1v) is 15.9. The molecule has 0 saturated carbocycles. The van der Waals surface area contributed by atoms with Crippen LogP contribution in [0, 0.1) is 18.7 Å². The summed E-state index contributed by atoms with van der Waals surface area (Å²) in [7, 11) is 0. The summed E-state index contributed by atoms with van der Waals surface area (Å²) in [5, 5.41) is 15.0. The average molecular weight is 650 g/mol. The van der Waals surface area contributed by atoms with Crippen molar-refractivity contribution in [1.82, 2.24) is 20.1 Å². The maximum atomic E-state index is 16.3. The standard InChI is InChI=1S/C33H33F2N5O5S/c1-3-45-31(43)26-25(37-28(29-36-11-13-46-29)38-27(26)23-8-5-9-24(34)19(23)2)18-39-12-10-33(35)22(16-39)17-40(32(33)44)15-20-6-4-7-21(14-20)30(41)42/h4-9,11,13-14,22,27H,3,10,12,15-18H2,1-2H3,(H,37,38)(H,41,42)/t22?,27-,33+/m0/s1. The zero-order valence-electron chi connectivity index (χ0n) is 25.3. The van der Waals surface area contributed by atoms with E-state index in [-0.39, 0.29) is 56.9 Å². The number of ether oxygens (including phenoxy) is 1. The Morgan fingerprint density at radius 3 is 2.74 bits per heavy atom. The molecule has 2 aromatic carbocycles. The Labute approximate surface area is 268 Å². The molecule has 240 valence electrons. The Hall–Kier alpha value is -4.49. The van der Waals surface area contributed by atoms with E-state index in [1.807, 2.05) is 4.90 Å². The molecule has 1 aromatic heterocycles. The third-order valence-electron chi connectivity index (χ3n) is 8.79. The molecule has 3 aliphatic rings. The Kier molecular flexibility index (Phi) is 8.71. The van der Waals surface area contributed by atoms with Crippen LogP contribution in [0.1, 0.15) is 51.4 Å². The highest BCUT2D eigenvalue weighted by atomic mass is 32.1. The van der Waals surface area contributed by atoms with Gasteiger partial charge in [0.1, 0.15) is 11.9 Å². The molecule has 4 heterocycles. The van der Waals surface area contributed by atoms with E-state index in [2.05, 4.69) is 10.3 Å². The van der Waals surface area contributed by atoms with Gasteiger partial charge in [0.25, 0.3) is 5.91 Å². The molecule has 1 unspecified atom stereocenters. The number of hydrogen-bond donors (Lipinski definition) is 2. The number of halogens is 2. The Morgan fingerprint density at radius 1 is 1.20 bits per heavy atom. The van der Waals surface area contributed by atoms with Gasteiger partial charge in [-0.1, -0.05) is 24.3 Å². The number of carbonyl (C=O) groups is 3. The van der Waals surface area contributed by atoms with E-state index in [1.165, 1.54) is 34.4 Å². The van der Waals surface area contributed by atoms with Crippen molar-refractivity contribution in [2.45, 2.75) is 38.5 Å². The van der Waals surface area contributed by atoms with Gasteiger partial charge in [-0.15, -0.1) is 11.3 Å². The van der Waals surface area contributed by atoms with Crippen LogP contribution in [-0.4, -0.2) is 82.0 Å². The molecule has 1 amide bonds. The van der Waals surface area contributed by atoms with Crippen molar-refractivity contribution < 1.29 is 33.0 Å². The van der Waals surface area contributed by atoms with Crippen LogP contribution in [0.2, 0.25) is 0 Å². The van der Waals surface area contributed by atoms with Gasteiger partial charge in [-0.2, -0.15) is 0 Å². The highest BCUT2D eigenvalue weighted by Gasteiger charge is 2.57. The summed E-state index contributed by atoms with van der Waals surface area (Å²) >= 11 is 1.36. The van der Waals surface area contributed by atoms with Gasteiger partial charge in [0, 0.05) is 62.3 Å². The number of piperidine rings is 1. The maximum Gasteiger partial charge on any atom is 0.338 e. The molecule has 0 bridgehead atoms. The lowest BCUT2D eigenvalue weighted by Crippen LogP contribution is -2.52. The zero-order chi connectivity index (χ0) is 32.6. The molecule has 0 aliphatic carbocycles. The van der Waals surface area contributed by atoms with E-state index in [0.717, 1.165) is 0 Å². The number of benzene rings is 2. The number of likely N-dealkylation sites (tertiary alicyclic amines) is 2. The molecule has 3 atom stereocenters. The fraction of sp³-hybridized carbons (Fsp3) is 0.364. The predicted molar refractivity (Wildman–Crippen MR) is 167 cm³/mol. The summed E-state index contributed by atoms with van der Waals surface area (Å²) in [6, 6.07) is 10.1. The van der Waals surface area contributed by atoms with Crippen molar-refractivity contribution in [1.29, 1.82) is 0 Å². The molecule has 2 fully saturated rings. The number of esters is 1. The Balaban J connectivity index is 1.29. The number of aromatic carboxylic acids is 1. The number of thiazole rings is 1. The van der Waals surface area contributed by atoms with Crippen molar-refractivity contribution in [2.24, 2.45) is 10.9 Å². The van der Waals surface area contributed by atoms with Crippen molar-refractivity contribution in [3.05, 3.63) is 98.4 Å². The third-order valence-corrected chi connectivity index (χ3v) is 9.57. The molecule has 0 radical (unpaired) electrons. The summed E-state index contributed by atoms with van der Waals surface area (Å²) in [6.07, 6.45) is 1.60. The first kappa shape index (κ1) is 31.5. The number of carbonyl (C=O) groups excluding carboxylic acids is 2. The minimum absolute atomic E-state index is 0.0377. The van der Waals surface area contributed by atoms with E-state index >= 15 is 4.39 Å². The van der Waals surface area contributed by atoms with Gasteiger partial charge in [-0.3, -0.25) is 14.7 Å². The van der Waals surface area contributed by atoms with Crippen LogP contribution in [0.25, 0.3) is 0 Å². The van der Waals surface area contributed by atoms with Gasteiger partial charge in [-0.25, -0.2) is 23.4 Å². The maximum absolute atomic E-state index is 16.3. The number of amides is 1. The van der Waals surface area contributed by atoms with Gasteiger partial charge in [0.15, 0.2) is 16.5 Å². The molecule has 2 saturated heterocycles. The summed E-state index contributed by atoms with van der Waals surface area (Å²) < 4.78 is 36.5. The Morgan fingerprint density at radius 2 is 2.00 bits per heavy atom. The largest absolute Gasteiger partial charge is 0.478 e. The van der Waals surface area contributed by atoms with Crippen molar-refractivity contribution in [3.63, 3.8) is 0 Å². The lowest BCUT2D eigenvalue weighted by atomic mass is 9.84. The first-order valence-electron chi connectivity index (χ1n) is 15.0. The number of hydrogen-bond acceptors (Lipinski definition) is 9.